The Kier molecular flexibility index (Phi) is 6.62. The molecular weight excluding hydrogens is 291 g/mol. The van der Waals surface area contributed by atoms with Gasteiger partial charge in [0, 0.05) is 12.5 Å². The van der Waals surface area contributed by atoms with Crippen molar-refractivity contribution in [2.75, 3.05) is 13.6 Å². The van der Waals surface area contributed by atoms with Gasteiger partial charge in [0.05, 0.1) is 5.54 Å². The minimum atomic E-state index is -0.313. The van der Waals surface area contributed by atoms with Crippen LogP contribution in [0.2, 0.25) is 0 Å². The van der Waals surface area contributed by atoms with Crippen LogP contribution in [0.3, 0.4) is 0 Å². The molecule has 0 aromatic heterocycles. The van der Waals surface area contributed by atoms with Gasteiger partial charge in [0.1, 0.15) is 5.82 Å². The van der Waals surface area contributed by atoms with Gasteiger partial charge >= 0.3 is 0 Å². The summed E-state index contributed by atoms with van der Waals surface area (Å²) in [5.41, 5.74) is 0.702. The van der Waals surface area contributed by atoms with E-state index in [2.05, 4.69) is 10.6 Å². The van der Waals surface area contributed by atoms with Crippen LogP contribution in [0, 0.1) is 11.7 Å². The lowest BCUT2D eigenvalue weighted by Crippen LogP contribution is -2.47. The summed E-state index contributed by atoms with van der Waals surface area (Å²) in [5, 5.41) is 6.23. The van der Waals surface area contributed by atoms with Crippen molar-refractivity contribution in [3.05, 3.63) is 35.6 Å². The molecule has 0 spiro atoms. The van der Waals surface area contributed by atoms with Gasteiger partial charge in [-0.2, -0.15) is 0 Å². The van der Waals surface area contributed by atoms with Crippen molar-refractivity contribution in [3.8, 4) is 0 Å². The molecule has 1 amide bonds. The second kappa shape index (κ2) is 7.76. The van der Waals surface area contributed by atoms with E-state index in [0.717, 1.165) is 31.2 Å². The summed E-state index contributed by atoms with van der Waals surface area (Å²) in [4.78, 5) is 12.3. The van der Waals surface area contributed by atoms with Crippen LogP contribution < -0.4 is 10.6 Å². The predicted octanol–water partition coefficient (Wildman–Crippen LogP) is 2.99. The van der Waals surface area contributed by atoms with E-state index in [1.54, 1.807) is 12.1 Å². The molecule has 1 aliphatic rings. The SMILES string of the molecule is CNCC(C)C(=O)NC1(c2ccc(F)cc2)CCCC1.Cl. The van der Waals surface area contributed by atoms with E-state index in [0.29, 0.717) is 6.54 Å². The van der Waals surface area contributed by atoms with Crippen LogP contribution in [-0.2, 0) is 10.3 Å². The molecule has 21 heavy (non-hydrogen) atoms. The van der Waals surface area contributed by atoms with E-state index in [-0.39, 0.29) is 35.6 Å². The summed E-state index contributed by atoms with van der Waals surface area (Å²) in [6, 6.07) is 6.53. The topological polar surface area (TPSA) is 41.1 Å². The number of amides is 1. The summed E-state index contributed by atoms with van der Waals surface area (Å²) in [7, 11) is 1.84. The fraction of sp³-hybridized carbons (Fsp3) is 0.562. The van der Waals surface area contributed by atoms with Crippen molar-refractivity contribution >= 4 is 18.3 Å². The van der Waals surface area contributed by atoms with Crippen LogP contribution in [0.25, 0.3) is 0 Å². The van der Waals surface area contributed by atoms with E-state index < -0.39 is 0 Å². The van der Waals surface area contributed by atoms with Gasteiger partial charge in [-0.1, -0.05) is 31.9 Å². The Morgan fingerprint density at radius 2 is 1.86 bits per heavy atom. The fourth-order valence-corrected chi connectivity index (χ4v) is 2.99. The molecule has 1 atom stereocenters. The summed E-state index contributed by atoms with van der Waals surface area (Å²) in [5.74, 6) is -0.250. The van der Waals surface area contributed by atoms with Crippen LogP contribution in [0.4, 0.5) is 4.39 Å². The Morgan fingerprint density at radius 3 is 2.38 bits per heavy atom. The molecular formula is C16H24ClFN2O. The molecule has 1 fully saturated rings. The largest absolute Gasteiger partial charge is 0.346 e. The lowest BCUT2D eigenvalue weighted by Gasteiger charge is -2.32. The molecule has 1 saturated carbocycles. The van der Waals surface area contributed by atoms with Crippen molar-refractivity contribution in [1.29, 1.82) is 0 Å². The first-order chi connectivity index (χ1) is 9.57. The number of nitrogens with one attached hydrogen (secondary N) is 2. The van der Waals surface area contributed by atoms with Gasteiger partial charge in [0.15, 0.2) is 0 Å². The van der Waals surface area contributed by atoms with Gasteiger partial charge in [-0.25, -0.2) is 4.39 Å². The minimum absolute atomic E-state index is 0. The maximum atomic E-state index is 13.1. The van der Waals surface area contributed by atoms with Crippen molar-refractivity contribution in [3.63, 3.8) is 0 Å². The first-order valence-corrected chi connectivity index (χ1v) is 7.30. The highest BCUT2D eigenvalue weighted by Gasteiger charge is 2.37. The zero-order chi connectivity index (χ0) is 14.6. The Bertz CT molecular complexity index is 458. The monoisotopic (exact) mass is 314 g/mol. The third kappa shape index (κ3) is 4.17. The number of hydrogen-bond donors (Lipinski definition) is 2. The molecule has 0 aliphatic heterocycles. The first-order valence-electron chi connectivity index (χ1n) is 7.30. The van der Waals surface area contributed by atoms with Gasteiger partial charge < -0.3 is 10.6 Å². The Hall–Kier alpha value is -1.13. The highest BCUT2D eigenvalue weighted by Crippen LogP contribution is 2.39. The molecule has 5 heteroatoms. The molecule has 1 aliphatic carbocycles. The van der Waals surface area contributed by atoms with Crippen LogP contribution in [0.1, 0.15) is 38.2 Å². The third-order valence-corrected chi connectivity index (χ3v) is 4.17. The molecule has 0 saturated heterocycles. The van der Waals surface area contributed by atoms with Crippen molar-refractivity contribution in [1.82, 2.24) is 10.6 Å². The molecule has 0 radical (unpaired) electrons. The maximum Gasteiger partial charge on any atom is 0.224 e. The van der Waals surface area contributed by atoms with E-state index in [9.17, 15) is 9.18 Å². The third-order valence-electron chi connectivity index (χ3n) is 4.17. The summed E-state index contributed by atoms with van der Waals surface area (Å²) < 4.78 is 13.1. The van der Waals surface area contributed by atoms with Gasteiger partial charge in [-0.3, -0.25) is 4.79 Å². The second-order valence-electron chi connectivity index (χ2n) is 5.74. The number of carbonyl (C=O) groups is 1. The molecule has 1 unspecified atom stereocenters. The number of benzene rings is 1. The quantitative estimate of drug-likeness (QED) is 0.877. The molecule has 3 nitrogen and oxygen atoms in total. The minimum Gasteiger partial charge on any atom is -0.346 e. The smallest absolute Gasteiger partial charge is 0.224 e. The van der Waals surface area contributed by atoms with E-state index in [4.69, 9.17) is 0 Å². The fourth-order valence-electron chi connectivity index (χ4n) is 2.99. The molecule has 2 N–H and O–H groups in total. The number of carbonyl (C=O) groups excluding carboxylic acids is 1. The summed E-state index contributed by atoms with van der Waals surface area (Å²) in [6.07, 6.45) is 4.05. The summed E-state index contributed by atoms with van der Waals surface area (Å²) in [6.45, 7) is 2.57. The Balaban J connectivity index is 0.00000220. The molecule has 0 bridgehead atoms. The number of halogens is 2. The molecule has 1 aromatic carbocycles. The first kappa shape index (κ1) is 17.9. The average Bonchev–Trinajstić information content (AvgIpc) is 2.89. The lowest BCUT2D eigenvalue weighted by atomic mass is 9.87. The molecule has 118 valence electrons. The Labute approximate surface area is 132 Å². The van der Waals surface area contributed by atoms with Crippen LogP contribution in [0.15, 0.2) is 24.3 Å². The standard InChI is InChI=1S/C16H23FN2O.ClH/c1-12(11-18-2)15(20)19-16(9-3-4-10-16)13-5-7-14(17)8-6-13;/h5-8,12,18H,3-4,9-11H2,1-2H3,(H,19,20);1H. The van der Waals surface area contributed by atoms with Crippen LogP contribution >= 0.6 is 12.4 Å². The normalized spacial score (nSPS) is 17.9. The van der Waals surface area contributed by atoms with Gasteiger partial charge in [-0.15, -0.1) is 12.4 Å². The van der Waals surface area contributed by atoms with E-state index >= 15 is 0 Å². The highest BCUT2D eigenvalue weighted by molar-refractivity contribution is 5.85. The van der Waals surface area contributed by atoms with E-state index in [1.165, 1.54) is 12.1 Å². The van der Waals surface area contributed by atoms with Gasteiger partial charge in [-0.05, 0) is 37.6 Å². The van der Waals surface area contributed by atoms with Gasteiger partial charge in [0.2, 0.25) is 5.91 Å². The van der Waals surface area contributed by atoms with Crippen molar-refractivity contribution in [2.45, 2.75) is 38.1 Å². The van der Waals surface area contributed by atoms with E-state index in [1.807, 2.05) is 14.0 Å². The number of hydrogen-bond acceptors (Lipinski definition) is 2. The number of rotatable bonds is 5. The van der Waals surface area contributed by atoms with Crippen molar-refractivity contribution < 1.29 is 9.18 Å². The highest BCUT2D eigenvalue weighted by atomic mass is 35.5. The zero-order valence-electron chi connectivity index (χ0n) is 12.6. The van der Waals surface area contributed by atoms with Crippen molar-refractivity contribution in [2.24, 2.45) is 5.92 Å². The molecule has 0 heterocycles. The van der Waals surface area contributed by atoms with Gasteiger partial charge in [0.25, 0.3) is 0 Å². The Morgan fingerprint density at radius 1 is 1.29 bits per heavy atom. The van der Waals surface area contributed by atoms with Crippen LogP contribution in [0.5, 0.6) is 0 Å². The molecule has 2 rings (SSSR count). The predicted molar refractivity (Wildman–Crippen MR) is 85.0 cm³/mol. The maximum absolute atomic E-state index is 13.1. The molecule has 1 aromatic rings. The summed E-state index contributed by atoms with van der Waals surface area (Å²) >= 11 is 0. The average molecular weight is 315 g/mol. The zero-order valence-corrected chi connectivity index (χ0v) is 13.4. The lowest BCUT2D eigenvalue weighted by molar-refractivity contribution is -0.126. The van der Waals surface area contributed by atoms with Crippen LogP contribution in [-0.4, -0.2) is 19.5 Å². The second-order valence-corrected chi connectivity index (χ2v) is 5.74.